The summed E-state index contributed by atoms with van der Waals surface area (Å²) < 4.78 is 7.61. The average Bonchev–Trinajstić information content (AvgIpc) is 2.14. The molecule has 2 nitrogen and oxygen atoms in total. The Morgan fingerprint density at radius 3 is 2.56 bits per heavy atom. The third-order valence-corrected chi connectivity index (χ3v) is 1.18. The van der Waals surface area contributed by atoms with Gasteiger partial charge in [0.25, 0.3) is 0 Å². The van der Waals surface area contributed by atoms with Gasteiger partial charge in [-0.3, -0.25) is 0 Å². The number of hydrogen-bond acceptors (Lipinski definition) is 3. The molecule has 0 fully saturated rings. The van der Waals surface area contributed by atoms with Gasteiger partial charge in [0.1, 0.15) is 0 Å². The molecule has 0 N–H and O–H groups in total. The second kappa shape index (κ2) is 6.37. The largest absolute Gasteiger partial charge is 2.00 e. The molecule has 1 rings (SSSR count). The maximum absolute atomic E-state index is 3.91. The fraction of sp³-hybridized carbons (Fsp3) is 0.400. The first-order chi connectivity index (χ1) is 3.43. The second-order valence-electron chi connectivity index (χ2n) is 1.18. The zero-order valence-corrected chi connectivity index (χ0v) is 9.17. The molecule has 0 spiro atoms. The molecule has 0 atom stereocenters. The maximum atomic E-state index is 3.91. The third-order valence-electron chi connectivity index (χ3n) is 0.701. The molecule has 0 amide bonds. The van der Waals surface area contributed by atoms with E-state index in [0.717, 1.165) is 12.1 Å². The topological polar surface area (TPSA) is 25.8 Å². The van der Waals surface area contributed by atoms with E-state index in [9.17, 15) is 0 Å². The first-order valence-corrected chi connectivity index (χ1v) is 2.85. The summed E-state index contributed by atoms with van der Waals surface area (Å²) in [5, 5.41) is 0. The SMILES string of the molecule is CCc1[c-]nsn1.[CH3-].[W+2]. The van der Waals surface area contributed by atoms with Crippen LogP contribution < -0.4 is 0 Å². The van der Waals surface area contributed by atoms with Gasteiger partial charge in [-0.15, -0.1) is 5.69 Å². The molecule has 1 aromatic heterocycles. The Morgan fingerprint density at radius 1 is 1.67 bits per heavy atom. The first kappa shape index (κ1) is 12.0. The molecule has 0 saturated carbocycles. The van der Waals surface area contributed by atoms with Gasteiger partial charge in [0, 0.05) is 11.7 Å². The second-order valence-corrected chi connectivity index (χ2v) is 1.70. The standard InChI is InChI=1S/C4H5N2S.CH3.W/c1-2-4-3-5-7-6-4;;/h2H2,1H3;1H3;/q2*-1;+2. The summed E-state index contributed by atoms with van der Waals surface area (Å²) in [6, 6.07) is 0. The van der Waals surface area contributed by atoms with Crippen LogP contribution in [-0.4, -0.2) is 8.75 Å². The molecule has 0 saturated heterocycles. The van der Waals surface area contributed by atoms with Crippen molar-refractivity contribution in [1.29, 1.82) is 0 Å². The number of aryl methyl sites for hydroxylation is 1. The zero-order chi connectivity index (χ0) is 5.11. The summed E-state index contributed by atoms with van der Waals surface area (Å²) in [6.45, 7) is 2.03. The predicted molar refractivity (Wildman–Crippen MR) is 34.5 cm³/mol. The summed E-state index contributed by atoms with van der Waals surface area (Å²) >= 11 is 1.21. The summed E-state index contributed by atoms with van der Waals surface area (Å²) in [6.07, 6.45) is 3.69. The monoisotopic (exact) mass is 312 g/mol. The molecule has 4 heteroatoms. The fourth-order valence-corrected chi connectivity index (χ4v) is 0.762. The Kier molecular flexibility index (Phi) is 8.48. The van der Waals surface area contributed by atoms with Crippen LogP contribution >= 0.6 is 11.7 Å². The van der Waals surface area contributed by atoms with Crippen molar-refractivity contribution in [3.05, 3.63) is 19.3 Å². The Hall–Kier alpha value is 0.248. The molecular formula is C5H8N2SW. The molecule has 0 radical (unpaired) electrons. The van der Waals surface area contributed by atoms with E-state index < -0.39 is 0 Å². The van der Waals surface area contributed by atoms with Crippen molar-refractivity contribution in [2.24, 2.45) is 0 Å². The molecule has 0 aliphatic carbocycles. The Morgan fingerprint density at radius 2 is 2.33 bits per heavy atom. The minimum atomic E-state index is 0. The molecule has 0 aromatic carbocycles. The van der Waals surface area contributed by atoms with Crippen molar-refractivity contribution >= 4 is 11.7 Å². The normalized spacial score (nSPS) is 7.22. The molecule has 1 heterocycles. The first-order valence-electron chi connectivity index (χ1n) is 2.12. The third kappa shape index (κ3) is 3.77. The number of aromatic nitrogens is 2. The van der Waals surface area contributed by atoms with Crippen LogP contribution in [0.4, 0.5) is 0 Å². The van der Waals surface area contributed by atoms with Gasteiger partial charge in [-0.1, -0.05) is 6.92 Å². The maximum Gasteiger partial charge on any atom is 2.00 e. The van der Waals surface area contributed by atoms with Crippen LogP contribution in [0.5, 0.6) is 0 Å². The van der Waals surface area contributed by atoms with E-state index >= 15 is 0 Å². The Bertz CT molecular complexity index is 130. The fourth-order valence-electron chi connectivity index (χ4n) is 0.307. The van der Waals surface area contributed by atoms with Crippen LogP contribution in [0.3, 0.4) is 0 Å². The Labute approximate surface area is 74.3 Å². The molecule has 1 aromatic rings. The van der Waals surface area contributed by atoms with E-state index in [1.54, 1.807) is 0 Å². The number of rotatable bonds is 1. The molecule has 50 valence electrons. The van der Waals surface area contributed by atoms with Crippen LogP contribution in [0, 0.1) is 13.6 Å². The van der Waals surface area contributed by atoms with Crippen molar-refractivity contribution in [2.75, 3.05) is 0 Å². The van der Waals surface area contributed by atoms with Gasteiger partial charge in [-0.2, -0.15) is 0 Å². The van der Waals surface area contributed by atoms with Crippen molar-refractivity contribution in [3.63, 3.8) is 0 Å². The van der Waals surface area contributed by atoms with E-state index in [4.69, 9.17) is 0 Å². The molecule has 0 bridgehead atoms. The van der Waals surface area contributed by atoms with Crippen molar-refractivity contribution in [1.82, 2.24) is 8.75 Å². The minimum Gasteiger partial charge on any atom is -0.394 e. The van der Waals surface area contributed by atoms with Crippen molar-refractivity contribution in [3.8, 4) is 0 Å². The molecule has 9 heavy (non-hydrogen) atoms. The van der Waals surface area contributed by atoms with Crippen molar-refractivity contribution < 1.29 is 21.1 Å². The van der Waals surface area contributed by atoms with Crippen LogP contribution in [0.2, 0.25) is 0 Å². The van der Waals surface area contributed by atoms with Gasteiger partial charge in [0.15, 0.2) is 0 Å². The van der Waals surface area contributed by atoms with E-state index in [2.05, 4.69) is 14.9 Å². The number of hydrogen-bond donors (Lipinski definition) is 0. The molecule has 0 aliphatic rings. The van der Waals surface area contributed by atoms with Crippen LogP contribution in [0.1, 0.15) is 12.6 Å². The summed E-state index contributed by atoms with van der Waals surface area (Å²) in [5.74, 6) is 0. The zero-order valence-electron chi connectivity index (χ0n) is 5.42. The van der Waals surface area contributed by atoms with E-state index in [-0.39, 0.29) is 28.5 Å². The summed E-state index contributed by atoms with van der Waals surface area (Å²) in [4.78, 5) is 0. The quantitative estimate of drug-likeness (QED) is 0.732. The van der Waals surface area contributed by atoms with Crippen LogP contribution in [0.25, 0.3) is 0 Å². The predicted octanol–water partition coefficient (Wildman–Crippen LogP) is 1.35. The van der Waals surface area contributed by atoms with E-state index in [1.165, 1.54) is 11.7 Å². The van der Waals surface area contributed by atoms with Gasteiger partial charge in [-0.05, 0) is 6.42 Å². The van der Waals surface area contributed by atoms with Gasteiger partial charge >= 0.3 is 21.1 Å². The molecular weight excluding hydrogens is 304 g/mol. The summed E-state index contributed by atoms with van der Waals surface area (Å²) in [5.41, 5.74) is 0.963. The Balaban J connectivity index is 0. The smallest absolute Gasteiger partial charge is 0.394 e. The number of nitrogens with zero attached hydrogens (tertiary/aromatic N) is 2. The minimum absolute atomic E-state index is 0. The van der Waals surface area contributed by atoms with Gasteiger partial charge in [0.2, 0.25) is 0 Å². The van der Waals surface area contributed by atoms with Gasteiger partial charge in [-0.25, -0.2) is 4.37 Å². The van der Waals surface area contributed by atoms with Crippen LogP contribution in [0.15, 0.2) is 0 Å². The van der Waals surface area contributed by atoms with E-state index in [1.807, 2.05) is 6.92 Å². The summed E-state index contributed by atoms with van der Waals surface area (Å²) in [7, 11) is 0. The van der Waals surface area contributed by atoms with Gasteiger partial charge in [0.05, 0.1) is 0 Å². The molecule has 0 aliphatic heterocycles. The molecule has 0 unspecified atom stereocenters. The average molecular weight is 312 g/mol. The van der Waals surface area contributed by atoms with Crippen LogP contribution in [-0.2, 0) is 27.5 Å². The van der Waals surface area contributed by atoms with E-state index in [0.29, 0.717) is 0 Å². The van der Waals surface area contributed by atoms with Crippen molar-refractivity contribution in [2.45, 2.75) is 13.3 Å². The van der Waals surface area contributed by atoms with Gasteiger partial charge < -0.3 is 18.0 Å².